The average Bonchev–Trinajstić information content (AvgIpc) is 2.77. The number of aryl methyl sites for hydroxylation is 1. The number of aldehydes is 1. The lowest BCUT2D eigenvalue weighted by Gasteiger charge is -2.35. The second-order valence-corrected chi connectivity index (χ2v) is 7.91. The summed E-state index contributed by atoms with van der Waals surface area (Å²) in [6.07, 6.45) is 8.40. The van der Waals surface area contributed by atoms with E-state index in [0.717, 1.165) is 44.2 Å². The summed E-state index contributed by atoms with van der Waals surface area (Å²) in [7, 11) is 2.06. The maximum absolute atomic E-state index is 12.0. The Labute approximate surface area is 172 Å². The predicted molar refractivity (Wildman–Crippen MR) is 114 cm³/mol. The van der Waals surface area contributed by atoms with Gasteiger partial charge in [-0.05, 0) is 68.1 Å². The largest absolute Gasteiger partial charge is 0.303 e. The first-order valence-electron chi connectivity index (χ1n) is 9.98. The van der Waals surface area contributed by atoms with Crippen molar-refractivity contribution < 1.29 is 14.8 Å². The van der Waals surface area contributed by atoms with E-state index in [0.29, 0.717) is 12.0 Å². The number of amides is 1. The molecule has 0 aliphatic heterocycles. The molecular weight excluding hydrogens is 364 g/mol. The van der Waals surface area contributed by atoms with Crippen LogP contribution in [0.2, 0.25) is 0 Å². The number of hydrogen-bond acceptors (Lipinski definition) is 4. The van der Waals surface area contributed by atoms with Gasteiger partial charge < -0.3 is 9.69 Å². The van der Waals surface area contributed by atoms with Crippen molar-refractivity contribution in [3.05, 3.63) is 76.9 Å². The Balaban J connectivity index is 1.60. The second kappa shape index (κ2) is 9.63. The molecule has 3 rings (SSSR count). The van der Waals surface area contributed by atoms with Crippen molar-refractivity contribution in [3.8, 4) is 0 Å². The summed E-state index contributed by atoms with van der Waals surface area (Å²) in [5.74, 6) is -0.528. The molecule has 0 spiro atoms. The van der Waals surface area contributed by atoms with Crippen molar-refractivity contribution in [1.82, 2.24) is 10.4 Å². The third-order valence-electron chi connectivity index (χ3n) is 5.77. The first-order valence-corrected chi connectivity index (χ1v) is 9.98. The van der Waals surface area contributed by atoms with Gasteiger partial charge in [-0.25, -0.2) is 5.48 Å². The van der Waals surface area contributed by atoms with Gasteiger partial charge in [0.1, 0.15) is 6.29 Å². The van der Waals surface area contributed by atoms with Gasteiger partial charge in [-0.15, -0.1) is 0 Å². The van der Waals surface area contributed by atoms with E-state index in [1.165, 1.54) is 11.1 Å². The molecule has 0 saturated carbocycles. The number of nitrogens with one attached hydrogen (secondary N) is 1. The number of hydroxylamine groups is 1. The molecule has 29 heavy (non-hydrogen) atoms. The molecule has 0 bridgehead atoms. The number of carbonyl (C=O) groups excluding carboxylic acids is 2. The van der Waals surface area contributed by atoms with Crippen molar-refractivity contribution in [2.24, 2.45) is 5.41 Å². The van der Waals surface area contributed by atoms with E-state index >= 15 is 0 Å². The standard InChI is InChI=1S/C24H28N2O3/c1-26(14-5-8-19-6-3-2-4-7-19)15-13-24(18-27)12-11-20-9-10-21(23(28)25-29)16-22(20)17-24/h2-10,16,18,29H,11-15,17H2,1H3,(H,25,28)/b8-5+/t24-/m0/s1. The Hall–Kier alpha value is -2.76. The van der Waals surface area contributed by atoms with Crippen LogP contribution in [0.3, 0.4) is 0 Å². The summed E-state index contributed by atoms with van der Waals surface area (Å²) in [4.78, 5) is 25.9. The van der Waals surface area contributed by atoms with Crippen molar-refractivity contribution >= 4 is 18.3 Å². The monoisotopic (exact) mass is 392 g/mol. The molecule has 1 atom stereocenters. The van der Waals surface area contributed by atoms with Crippen molar-refractivity contribution in [1.29, 1.82) is 0 Å². The molecule has 5 heteroatoms. The minimum absolute atomic E-state index is 0.404. The zero-order valence-electron chi connectivity index (χ0n) is 16.8. The first kappa shape index (κ1) is 21.0. The third-order valence-corrected chi connectivity index (χ3v) is 5.77. The van der Waals surface area contributed by atoms with Crippen LogP contribution in [-0.2, 0) is 17.6 Å². The number of benzene rings is 2. The van der Waals surface area contributed by atoms with E-state index < -0.39 is 11.3 Å². The van der Waals surface area contributed by atoms with E-state index in [-0.39, 0.29) is 0 Å². The van der Waals surface area contributed by atoms with E-state index in [4.69, 9.17) is 5.21 Å². The maximum Gasteiger partial charge on any atom is 0.274 e. The van der Waals surface area contributed by atoms with Gasteiger partial charge in [0.2, 0.25) is 0 Å². The first-order chi connectivity index (χ1) is 14.0. The fourth-order valence-corrected chi connectivity index (χ4v) is 3.90. The van der Waals surface area contributed by atoms with Crippen LogP contribution in [0.1, 0.15) is 39.9 Å². The third kappa shape index (κ3) is 5.40. The summed E-state index contributed by atoms with van der Waals surface area (Å²) in [6, 6.07) is 15.6. The average molecular weight is 392 g/mol. The van der Waals surface area contributed by atoms with Gasteiger partial charge in [-0.2, -0.15) is 0 Å². The summed E-state index contributed by atoms with van der Waals surface area (Å²) in [5.41, 5.74) is 5.06. The molecule has 0 saturated heterocycles. The molecule has 2 aromatic rings. The number of nitrogens with zero attached hydrogens (tertiary/aromatic N) is 1. The quantitative estimate of drug-likeness (QED) is 0.410. The molecule has 1 aliphatic rings. The van der Waals surface area contributed by atoms with Gasteiger partial charge in [0.15, 0.2) is 0 Å². The molecule has 2 aromatic carbocycles. The topological polar surface area (TPSA) is 69.6 Å². The molecule has 0 radical (unpaired) electrons. The highest BCUT2D eigenvalue weighted by Gasteiger charge is 2.34. The Morgan fingerprint density at radius 2 is 2.00 bits per heavy atom. The van der Waals surface area contributed by atoms with Crippen LogP contribution < -0.4 is 5.48 Å². The number of hydrogen-bond donors (Lipinski definition) is 2. The number of fused-ring (bicyclic) bond motifs is 1. The van der Waals surface area contributed by atoms with Gasteiger partial charge >= 0.3 is 0 Å². The predicted octanol–water partition coefficient (Wildman–Crippen LogP) is 3.51. The fraction of sp³-hybridized carbons (Fsp3) is 0.333. The minimum atomic E-state index is -0.528. The Morgan fingerprint density at radius 1 is 1.21 bits per heavy atom. The van der Waals surface area contributed by atoms with Crippen LogP contribution in [0.15, 0.2) is 54.6 Å². The lowest BCUT2D eigenvalue weighted by atomic mass is 9.70. The van der Waals surface area contributed by atoms with Crippen molar-refractivity contribution in [3.63, 3.8) is 0 Å². The molecule has 5 nitrogen and oxygen atoms in total. The summed E-state index contributed by atoms with van der Waals surface area (Å²) in [5, 5.41) is 8.86. The van der Waals surface area contributed by atoms with Crippen LogP contribution in [0.25, 0.3) is 6.08 Å². The van der Waals surface area contributed by atoms with Crippen LogP contribution in [0.4, 0.5) is 0 Å². The lowest BCUT2D eigenvalue weighted by Crippen LogP contribution is -2.35. The van der Waals surface area contributed by atoms with E-state index in [1.807, 2.05) is 24.3 Å². The van der Waals surface area contributed by atoms with Crippen LogP contribution in [-0.4, -0.2) is 42.4 Å². The Kier molecular flexibility index (Phi) is 6.96. The van der Waals surface area contributed by atoms with Crippen LogP contribution in [0, 0.1) is 5.41 Å². The van der Waals surface area contributed by atoms with Gasteiger partial charge in [0, 0.05) is 17.5 Å². The summed E-state index contributed by atoms with van der Waals surface area (Å²) >= 11 is 0. The van der Waals surface area contributed by atoms with Gasteiger partial charge in [-0.3, -0.25) is 10.0 Å². The van der Waals surface area contributed by atoms with Crippen molar-refractivity contribution in [2.45, 2.75) is 25.7 Å². The smallest absolute Gasteiger partial charge is 0.274 e. The number of likely N-dealkylation sites (N-methyl/N-ethyl adjacent to an activating group) is 1. The molecule has 2 N–H and O–H groups in total. The summed E-state index contributed by atoms with van der Waals surface area (Å²) in [6.45, 7) is 1.64. The normalized spacial score (nSPS) is 18.6. The minimum Gasteiger partial charge on any atom is -0.303 e. The zero-order valence-corrected chi connectivity index (χ0v) is 16.8. The Bertz CT molecular complexity index is 879. The van der Waals surface area contributed by atoms with E-state index in [1.54, 1.807) is 17.6 Å². The lowest BCUT2D eigenvalue weighted by molar-refractivity contribution is -0.117. The summed E-state index contributed by atoms with van der Waals surface area (Å²) < 4.78 is 0. The van der Waals surface area contributed by atoms with Crippen LogP contribution >= 0.6 is 0 Å². The molecule has 0 aromatic heterocycles. The molecule has 1 amide bonds. The number of rotatable bonds is 8. The van der Waals surface area contributed by atoms with Crippen molar-refractivity contribution in [2.75, 3.05) is 20.1 Å². The zero-order chi connectivity index (χ0) is 20.7. The van der Waals surface area contributed by atoms with Gasteiger partial charge in [-0.1, -0.05) is 48.6 Å². The van der Waals surface area contributed by atoms with E-state index in [9.17, 15) is 9.59 Å². The molecule has 0 unspecified atom stereocenters. The molecule has 0 fully saturated rings. The Morgan fingerprint density at radius 3 is 2.72 bits per heavy atom. The van der Waals surface area contributed by atoms with Crippen LogP contribution in [0.5, 0.6) is 0 Å². The molecule has 152 valence electrons. The molecule has 0 heterocycles. The number of carbonyl (C=O) groups is 2. The second-order valence-electron chi connectivity index (χ2n) is 7.91. The highest BCUT2D eigenvalue weighted by atomic mass is 16.5. The highest BCUT2D eigenvalue weighted by Crippen LogP contribution is 2.37. The maximum atomic E-state index is 12.0. The molecular formula is C24H28N2O3. The molecule has 1 aliphatic carbocycles. The van der Waals surface area contributed by atoms with E-state index in [2.05, 4.69) is 36.2 Å². The van der Waals surface area contributed by atoms with Gasteiger partial charge in [0.25, 0.3) is 5.91 Å². The highest BCUT2D eigenvalue weighted by molar-refractivity contribution is 5.93. The SMILES string of the molecule is CN(C/C=C/c1ccccc1)CC[C@@]1(C=O)CCc2ccc(C(=O)NO)cc2C1. The van der Waals surface area contributed by atoms with Gasteiger partial charge in [0.05, 0.1) is 0 Å². The fourth-order valence-electron chi connectivity index (χ4n) is 3.90.